The standard InChI is InChI=1S/C87H54N8/c1-3-27-56(28-4-1)85-88-86(57-29-5-2-6-30-57)90-87(89-85)58-53-51-55(52-54-58)79-80(91-69-41-17-7-31-59(69)60-32-8-18-42-70(60)91)82(93-73-45-21-11-35-63(73)64-36-12-22-46-74(64)93)84(95-77-49-25-15-39-67(77)68-40-16-26-50-78(68)95)83(94-75-47-23-13-37-65(75)66-38-14-24-48-76(66)94)81(79)92-71-43-19-9-33-61(71)62-34-10-20-44-72(62)92/h1-54H. The SMILES string of the molecule is c1ccc(-c2nc(-c3ccccc3)nc(-c3ccc(-c4c(-n5c6ccccc6c6ccccc65)c(-n5c6ccccc6c6ccccc65)c(-n5c6ccccc6c6ccccc65)c(-n5c6ccccc6c6ccccc65)c4-n4c5ccccc5c5ccccc54)cc3)n2)cc1. The third-order valence-electron chi connectivity index (χ3n) is 19.5. The summed E-state index contributed by atoms with van der Waals surface area (Å²) in [6, 6.07) is 119. The van der Waals surface area contributed by atoms with Crippen molar-refractivity contribution in [2.24, 2.45) is 0 Å². The van der Waals surface area contributed by atoms with E-state index in [9.17, 15) is 0 Å². The van der Waals surface area contributed by atoms with Gasteiger partial charge in [-0.25, -0.2) is 15.0 Å². The molecule has 0 aliphatic heterocycles. The number of aromatic nitrogens is 8. The van der Waals surface area contributed by atoms with Gasteiger partial charge in [-0.2, -0.15) is 0 Å². The number of nitrogens with zero attached hydrogens (tertiary/aromatic N) is 8. The maximum Gasteiger partial charge on any atom is 0.164 e. The maximum absolute atomic E-state index is 5.32. The van der Waals surface area contributed by atoms with Crippen molar-refractivity contribution >= 4 is 109 Å². The predicted molar refractivity (Wildman–Crippen MR) is 393 cm³/mol. The monoisotopic (exact) mass is 1210 g/mol. The minimum absolute atomic E-state index is 0.577. The topological polar surface area (TPSA) is 63.3 Å². The molecule has 20 rings (SSSR count). The number of hydrogen-bond donors (Lipinski definition) is 0. The Morgan fingerprint density at radius 3 is 0.547 bits per heavy atom. The lowest BCUT2D eigenvalue weighted by Gasteiger charge is -2.32. The largest absolute Gasteiger partial charge is 0.306 e. The molecule has 0 N–H and O–H groups in total. The van der Waals surface area contributed by atoms with Crippen LogP contribution < -0.4 is 0 Å². The van der Waals surface area contributed by atoms with Crippen molar-refractivity contribution in [2.45, 2.75) is 0 Å². The Morgan fingerprint density at radius 2 is 0.316 bits per heavy atom. The summed E-state index contributed by atoms with van der Waals surface area (Å²) in [5.74, 6) is 1.79. The zero-order valence-corrected chi connectivity index (χ0v) is 51.3. The van der Waals surface area contributed by atoms with Crippen molar-refractivity contribution in [1.29, 1.82) is 0 Å². The van der Waals surface area contributed by atoms with Gasteiger partial charge < -0.3 is 22.8 Å². The van der Waals surface area contributed by atoms with Crippen molar-refractivity contribution < 1.29 is 0 Å². The summed E-state index contributed by atoms with van der Waals surface area (Å²) < 4.78 is 13.0. The molecule has 8 heteroatoms. The molecule has 0 bridgehead atoms. The molecule has 0 atom stereocenters. The summed E-state index contributed by atoms with van der Waals surface area (Å²) in [7, 11) is 0. The van der Waals surface area contributed by atoms with Crippen LogP contribution in [-0.4, -0.2) is 37.8 Å². The fourth-order valence-corrected chi connectivity index (χ4v) is 15.6. The van der Waals surface area contributed by atoms with Crippen LogP contribution in [-0.2, 0) is 0 Å². The van der Waals surface area contributed by atoms with Gasteiger partial charge in [0.15, 0.2) is 17.5 Å². The molecule has 6 heterocycles. The molecule has 95 heavy (non-hydrogen) atoms. The van der Waals surface area contributed by atoms with E-state index in [0.717, 1.165) is 165 Å². The molecule has 0 radical (unpaired) electrons. The van der Waals surface area contributed by atoms with Gasteiger partial charge in [0.1, 0.15) is 0 Å². The van der Waals surface area contributed by atoms with Gasteiger partial charge in [0.2, 0.25) is 0 Å². The van der Waals surface area contributed by atoms with E-state index in [2.05, 4.69) is 314 Å². The first-order chi connectivity index (χ1) is 47.2. The van der Waals surface area contributed by atoms with Crippen LogP contribution in [0.4, 0.5) is 0 Å². The number of rotatable bonds is 9. The molecule has 20 aromatic rings. The van der Waals surface area contributed by atoms with Gasteiger partial charge in [0, 0.05) is 76.1 Å². The molecule has 0 unspecified atom stereocenters. The summed E-state index contributed by atoms with van der Waals surface area (Å²) in [4.78, 5) is 15.8. The Labute approximate surface area is 545 Å². The van der Waals surface area contributed by atoms with Crippen LogP contribution in [0.15, 0.2) is 328 Å². The molecule has 0 amide bonds. The lowest BCUT2D eigenvalue weighted by Crippen LogP contribution is -2.18. The van der Waals surface area contributed by atoms with Crippen LogP contribution in [0.2, 0.25) is 0 Å². The minimum atomic E-state index is 0.577. The van der Waals surface area contributed by atoms with Crippen molar-refractivity contribution in [1.82, 2.24) is 37.8 Å². The minimum Gasteiger partial charge on any atom is -0.306 e. The average Bonchev–Trinajstić information content (AvgIpc) is 1.57. The Kier molecular flexibility index (Phi) is 11.6. The summed E-state index contributed by atoms with van der Waals surface area (Å²) >= 11 is 0. The lowest BCUT2D eigenvalue weighted by atomic mass is 9.94. The summed E-state index contributed by atoms with van der Waals surface area (Å²) in [5, 5.41) is 11.5. The van der Waals surface area contributed by atoms with Crippen LogP contribution in [0.25, 0.3) is 183 Å². The zero-order chi connectivity index (χ0) is 62.2. The van der Waals surface area contributed by atoms with E-state index < -0.39 is 0 Å². The third-order valence-corrected chi connectivity index (χ3v) is 19.5. The molecule has 442 valence electrons. The number of hydrogen-bond acceptors (Lipinski definition) is 3. The maximum atomic E-state index is 5.32. The fourth-order valence-electron chi connectivity index (χ4n) is 15.6. The van der Waals surface area contributed by atoms with Crippen LogP contribution in [0, 0.1) is 0 Å². The zero-order valence-electron chi connectivity index (χ0n) is 51.3. The van der Waals surface area contributed by atoms with Gasteiger partial charge in [-0.3, -0.25) is 0 Å². The van der Waals surface area contributed by atoms with E-state index in [4.69, 9.17) is 15.0 Å². The first-order valence-electron chi connectivity index (χ1n) is 32.4. The van der Waals surface area contributed by atoms with Gasteiger partial charge in [-0.1, -0.05) is 267 Å². The summed E-state index contributed by atoms with van der Waals surface area (Å²) in [5.41, 5.74) is 20.5. The normalized spacial score (nSPS) is 12.0. The van der Waals surface area contributed by atoms with Gasteiger partial charge in [-0.05, 0) is 66.2 Å². The second-order valence-electron chi connectivity index (χ2n) is 24.6. The molecule has 0 aliphatic carbocycles. The van der Waals surface area contributed by atoms with Crippen LogP contribution in [0.3, 0.4) is 0 Å². The van der Waals surface area contributed by atoms with Crippen molar-refractivity contribution in [3.8, 4) is 73.7 Å². The first-order valence-corrected chi connectivity index (χ1v) is 32.4. The Hall–Kier alpha value is -12.9. The Balaban J connectivity index is 1.09. The van der Waals surface area contributed by atoms with Crippen LogP contribution in [0.5, 0.6) is 0 Å². The van der Waals surface area contributed by atoms with Crippen molar-refractivity contribution in [3.05, 3.63) is 328 Å². The molecule has 14 aromatic carbocycles. The second-order valence-corrected chi connectivity index (χ2v) is 24.6. The Morgan fingerprint density at radius 1 is 0.147 bits per heavy atom. The molecule has 8 nitrogen and oxygen atoms in total. The molecule has 0 aliphatic rings. The molecule has 0 fully saturated rings. The predicted octanol–water partition coefficient (Wildman–Crippen LogP) is 22.0. The van der Waals surface area contributed by atoms with Gasteiger partial charge in [-0.15, -0.1) is 0 Å². The Bertz CT molecular complexity index is 5940. The van der Waals surface area contributed by atoms with E-state index in [0.29, 0.717) is 17.5 Å². The van der Waals surface area contributed by atoms with Crippen LogP contribution >= 0.6 is 0 Å². The molecular weight excluding hydrogens is 1160 g/mol. The molecular formula is C87H54N8. The quantitative estimate of drug-likeness (QED) is 0.145. The van der Waals surface area contributed by atoms with E-state index in [1.54, 1.807) is 0 Å². The fraction of sp³-hybridized carbons (Fsp3) is 0. The van der Waals surface area contributed by atoms with Crippen molar-refractivity contribution in [3.63, 3.8) is 0 Å². The molecule has 0 saturated heterocycles. The number of benzene rings is 14. The second kappa shape index (κ2) is 20.8. The van der Waals surface area contributed by atoms with Gasteiger partial charge in [0.05, 0.1) is 83.6 Å². The lowest BCUT2D eigenvalue weighted by molar-refractivity contribution is 1.00. The van der Waals surface area contributed by atoms with E-state index in [1.807, 2.05) is 36.4 Å². The smallest absolute Gasteiger partial charge is 0.164 e. The highest BCUT2D eigenvalue weighted by Crippen LogP contribution is 2.54. The highest BCUT2D eigenvalue weighted by molar-refractivity contribution is 6.19. The van der Waals surface area contributed by atoms with E-state index in [-0.39, 0.29) is 0 Å². The van der Waals surface area contributed by atoms with E-state index in [1.165, 1.54) is 0 Å². The first kappa shape index (κ1) is 52.8. The number of para-hydroxylation sites is 10. The average molecular weight is 1210 g/mol. The van der Waals surface area contributed by atoms with E-state index >= 15 is 0 Å². The molecule has 0 spiro atoms. The highest BCUT2D eigenvalue weighted by atomic mass is 15.2. The highest BCUT2D eigenvalue weighted by Gasteiger charge is 2.37. The summed E-state index contributed by atoms with van der Waals surface area (Å²) in [6.45, 7) is 0. The van der Waals surface area contributed by atoms with Crippen molar-refractivity contribution in [2.75, 3.05) is 0 Å². The molecule has 0 saturated carbocycles. The van der Waals surface area contributed by atoms with Gasteiger partial charge in [0.25, 0.3) is 0 Å². The summed E-state index contributed by atoms with van der Waals surface area (Å²) in [6.07, 6.45) is 0. The number of fused-ring (bicyclic) bond motifs is 15. The third kappa shape index (κ3) is 7.80. The molecule has 6 aromatic heterocycles. The van der Waals surface area contributed by atoms with Gasteiger partial charge >= 0.3 is 0 Å². The van der Waals surface area contributed by atoms with Crippen LogP contribution in [0.1, 0.15) is 0 Å².